The third-order valence-corrected chi connectivity index (χ3v) is 22.4. The summed E-state index contributed by atoms with van der Waals surface area (Å²) in [6.07, 6.45) is 36.8. The fraction of sp³-hybridized carbons (Fsp3) is 0.655. The first-order valence-electron chi connectivity index (χ1n) is 41.4. The molecule has 2 unspecified atom stereocenters. The number of phosphoric acid groups is 2. The van der Waals surface area contributed by atoms with Crippen LogP contribution in [0.25, 0.3) is 0 Å². The fourth-order valence-electron chi connectivity index (χ4n) is 12.3. The van der Waals surface area contributed by atoms with Crippen molar-refractivity contribution in [2.75, 3.05) is 19.8 Å². The van der Waals surface area contributed by atoms with Crippen molar-refractivity contribution in [3.63, 3.8) is 0 Å². The number of nitrogens with two attached hydrogens (primary N) is 1. The smallest absolute Gasteiger partial charge is 0.480 e. The van der Waals surface area contributed by atoms with Gasteiger partial charge in [-0.1, -0.05) is 128 Å². The van der Waals surface area contributed by atoms with E-state index in [1.54, 1.807) is 6.08 Å². The number of carbonyl (C=O) groups excluding carboxylic acids is 6. The van der Waals surface area contributed by atoms with Crippen LogP contribution in [-0.2, 0) is 70.3 Å². The molecule has 1 heterocycles. The Hall–Kier alpha value is -7.04. The molecule has 0 aliphatic carbocycles. The predicted molar refractivity (Wildman–Crippen MR) is 460 cm³/mol. The highest BCUT2D eigenvalue weighted by atomic mass is 31.3. The number of hydrogen-bond acceptors (Lipinski definition) is 18. The van der Waals surface area contributed by atoms with E-state index in [-0.39, 0.29) is 19.4 Å². The Kier molecular flexibility index (Phi) is 55.0. The fourth-order valence-corrected chi connectivity index (χ4v) is 14.5. The number of carboxylic acid groups (broad SMARTS) is 2. The molecule has 1 rings (SSSR count). The summed E-state index contributed by atoms with van der Waals surface area (Å²) >= 11 is 0. The molecule has 0 bridgehead atoms. The number of rotatable bonds is 60. The third-order valence-electron chi connectivity index (χ3n) is 19.7. The maximum Gasteiger partial charge on any atom is 0.483 e. The maximum absolute atomic E-state index is 13.5. The van der Waals surface area contributed by atoms with Gasteiger partial charge in [0.15, 0.2) is 6.29 Å². The number of nitrogens with one attached hydrogen (secondary N) is 6. The van der Waals surface area contributed by atoms with Crippen LogP contribution in [0.15, 0.2) is 128 Å². The molecule has 30 heteroatoms. The second kappa shape index (κ2) is 59.6. The molecule has 0 spiro atoms. The number of aliphatic hydroxyl groups is 2. The number of carbonyl (C=O) groups is 8. The van der Waals surface area contributed by atoms with Gasteiger partial charge in [-0.05, 0) is 278 Å². The highest BCUT2D eigenvalue weighted by Gasteiger charge is 2.51. The summed E-state index contributed by atoms with van der Waals surface area (Å²) in [5, 5.41) is 54.4. The highest BCUT2D eigenvalue weighted by Crippen LogP contribution is 2.61. The van der Waals surface area contributed by atoms with Gasteiger partial charge in [0.1, 0.15) is 60.7 Å². The Bertz CT molecular complexity index is 3610. The largest absolute Gasteiger partial charge is 0.483 e. The standard InChI is InChI=1S/C87H145N7O21P2/c1-58(2)31-20-32-59(3)33-21-34-60(4)35-22-36-61(5)37-23-38-62(6)39-24-40-63(7)41-25-42-64(8)43-26-44-65(9)45-27-46-66(10)47-28-48-67(11)49-29-50-68(12)51-30-56-111-116(107,108)115-117(109,110)114-87-78(92-73(17)96)80(79(98)76(57-95)113-87)112-72(16)83(101)89-70(14)82(100)94-75(86(105)106)53-54-77(97)93-74(52-18-19-55-88)84(102)90-69(13)81(99)91-71(15)85(103)104/h31,33,35,37,39,41,43,45,47,49,51,69-72,74-76,78-80,87,95,98H,18-30,32,34,36,38,40,42,44,46,48,50,52-57,88H2,1-17H3,(H,89,101)(H,90,102)(H,91,99)(H,92,96)(H,93,97)(H,94,100)(H,103,104)(H,105,106)(H,107,108)(H,109,110)/b59-33+,60-35+,61-37+,62-39-,63-41-,64-43-,65-45-,66-47-,67-49-,68-51-/t69-,70+,71-,72-,74+,75-,76-,78-,79-,80-,87-/m1/s1. The topological polar surface area (TPSA) is 436 Å². The molecule has 664 valence electrons. The van der Waals surface area contributed by atoms with E-state index < -0.39 is 156 Å². The molecule has 1 saturated heterocycles. The van der Waals surface area contributed by atoms with Gasteiger partial charge in [0, 0.05) is 13.3 Å². The van der Waals surface area contributed by atoms with Crippen molar-refractivity contribution >= 4 is 63.0 Å². The molecular formula is C87H145N7O21P2. The lowest BCUT2D eigenvalue weighted by atomic mass is 9.96. The summed E-state index contributed by atoms with van der Waals surface area (Å²) in [7, 11) is -11.1. The van der Waals surface area contributed by atoms with Crippen molar-refractivity contribution in [2.45, 2.75) is 352 Å². The van der Waals surface area contributed by atoms with E-state index in [0.717, 1.165) is 148 Å². The van der Waals surface area contributed by atoms with Crippen LogP contribution in [0.1, 0.15) is 285 Å². The summed E-state index contributed by atoms with van der Waals surface area (Å²) in [6, 6.07) is -8.76. The molecule has 117 heavy (non-hydrogen) atoms. The molecule has 6 amide bonds. The number of amides is 6. The van der Waals surface area contributed by atoms with Crippen LogP contribution in [0.3, 0.4) is 0 Å². The van der Waals surface area contributed by atoms with Crippen LogP contribution in [-0.4, -0.2) is 164 Å². The van der Waals surface area contributed by atoms with Crippen LogP contribution < -0.4 is 37.6 Å². The van der Waals surface area contributed by atoms with Crippen molar-refractivity contribution in [3.8, 4) is 0 Å². The molecule has 0 saturated carbocycles. The summed E-state index contributed by atoms with van der Waals surface area (Å²) in [6.45, 7) is 30.9. The number of aliphatic carboxylic acids is 2. The van der Waals surface area contributed by atoms with Gasteiger partial charge < -0.3 is 77.3 Å². The maximum atomic E-state index is 13.5. The van der Waals surface area contributed by atoms with E-state index in [9.17, 15) is 72.6 Å². The van der Waals surface area contributed by atoms with Crippen molar-refractivity contribution in [3.05, 3.63) is 128 Å². The highest BCUT2D eigenvalue weighted by molar-refractivity contribution is 7.61. The Balaban J connectivity index is 2.67. The van der Waals surface area contributed by atoms with E-state index >= 15 is 0 Å². The van der Waals surface area contributed by atoms with Crippen LogP contribution in [0.2, 0.25) is 0 Å². The van der Waals surface area contributed by atoms with Gasteiger partial charge in [-0.3, -0.25) is 42.6 Å². The van der Waals surface area contributed by atoms with Crippen molar-refractivity contribution in [1.82, 2.24) is 31.9 Å². The first-order valence-corrected chi connectivity index (χ1v) is 44.4. The lowest BCUT2D eigenvalue weighted by Gasteiger charge is -2.44. The van der Waals surface area contributed by atoms with Crippen LogP contribution in [0.4, 0.5) is 0 Å². The van der Waals surface area contributed by atoms with E-state index in [2.05, 4.69) is 173 Å². The number of phosphoric ester groups is 2. The van der Waals surface area contributed by atoms with Crippen molar-refractivity contribution in [1.29, 1.82) is 0 Å². The van der Waals surface area contributed by atoms with Crippen molar-refractivity contribution < 1.29 is 101 Å². The zero-order chi connectivity index (χ0) is 88.4. The Morgan fingerprint density at radius 3 is 1.17 bits per heavy atom. The number of allylic oxidation sites excluding steroid dienone is 21. The molecule has 0 aromatic heterocycles. The number of hydrogen-bond donors (Lipinski definition) is 13. The molecule has 0 aromatic rings. The number of aliphatic hydroxyl groups excluding tert-OH is 2. The van der Waals surface area contributed by atoms with Crippen LogP contribution in [0, 0.1) is 0 Å². The van der Waals surface area contributed by atoms with Gasteiger partial charge in [-0.2, -0.15) is 4.31 Å². The molecule has 0 aromatic carbocycles. The average molecular weight is 1690 g/mol. The monoisotopic (exact) mass is 1690 g/mol. The second-order valence-electron chi connectivity index (χ2n) is 31.5. The molecule has 28 nitrogen and oxygen atoms in total. The minimum atomic E-state index is -5.73. The van der Waals surface area contributed by atoms with E-state index in [1.165, 1.54) is 69.6 Å². The molecular weight excluding hydrogens is 1540 g/mol. The first-order chi connectivity index (χ1) is 55.0. The van der Waals surface area contributed by atoms with Gasteiger partial charge in [0.05, 0.1) is 13.2 Å². The summed E-state index contributed by atoms with van der Waals surface area (Å²) in [5.41, 5.74) is 20.8. The van der Waals surface area contributed by atoms with E-state index in [0.29, 0.717) is 19.3 Å². The molecule has 0 radical (unpaired) electrons. The summed E-state index contributed by atoms with van der Waals surface area (Å²) in [4.78, 5) is 123. The van der Waals surface area contributed by atoms with Gasteiger partial charge in [0.2, 0.25) is 35.4 Å². The molecule has 13 atom stereocenters. The van der Waals surface area contributed by atoms with Gasteiger partial charge in [-0.25, -0.2) is 13.9 Å². The quantitative estimate of drug-likeness (QED) is 0.0153. The van der Waals surface area contributed by atoms with Crippen molar-refractivity contribution in [2.24, 2.45) is 5.73 Å². The summed E-state index contributed by atoms with van der Waals surface area (Å²) < 4.78 is 52.3. The number of carboxylic acids is 2. The number of ether oxygens (including phenoxy) is 2. The van der Waals surface area contributed by atoms with E-state index in [1.807, 2.05) is 6.92 Å². The average Bonchev–Trinajstić information content (AvgIpc) is 0.782. The lowest BCUT2D eigenvalue weighted by molar-refractivity contribution is -0.261. The molecule has 1 fully saturated rings. The molecule has 1 aliphatic heterocycles. The first kappa shape index (κ1) is 108. The minimum Gasteiger partial charge on any atom is -0.480 e. The Morgan fingerprint density at radius 1 is 0.444 bits per heavy atom. The summed E-state index contributed by atoms with van der Waals surface area (Å²) in [5.74, 6) is -8.33. The van der Waals surface area contributed by atoms with Crippen LogP contribution in [0.5, 0.6) is 0 Å². The SMILES string of the molecule is CC(=O)N[C@H]1[C@@H](OP(=O)(O)OP(=O)(O)OCC/C=C(/C)CC/C=C(/C)CC/C=C(/C)CC/C=C(/C)CC/C=C(/C)CC/C=C(/C)CC/C=C(/C)CC/C=C(\C)CC/C=C(\C)CC/C=C(\C)CCC=C(C)C)O[C@H](CO)[C@@H](O)[C@@H]1O[C@H](C)C(=O)N[C@@H](C)C(=O)N[C@H](CCC(=O)N[C@@H](CCCCN)C(=O)N[C@H](C)C(=O)N[C@H](C)C(=O)O)C(=O)O. The zero-order valence-electron chi connectivity index (χ0n) is 73.0. The zero-order valence-corrected chi connectivity index (χ0v) is 74.8. The van der Waals surface area contributed by atoms with E-state index in [4.69, 9.17) is 29.4 Å². The molecule has 1 aliphatic rings. The predicted octanol–water partition coefficient (Wildman–Crippen LogP) is 14.8. The normalized spacial score (nSPS) is 19.7. The third kappa shape index (κ3) is 51.2. The van der Waals surface area contributed by atoms with Gasteiger partial charge >= 0.3 is 27.6 Å². The Morgan fingerprint density at radius 2 is 0.812 bits per heavy atom. The van der Waals surface area contributed by atoms with Gasteiger partial charge in [-0.15, -0.1) is 0 Å². The van der Waals surface area contributed by atoms with Gasteiger partial charge in [0.25, 0.3) is 0 Å². The number of unbranched alkanes of at least 4 members (excludes halogenated alkanes) is 1. The Labute approximate surface area is 697 Å². The second-order valence-corrected chi connectivity index (χ2v) is 34.5. The minimum absolute atomic E-state index is 0.0567. The molecule has 14 N–H and O–H groups in total. The van der Waals surface area contributed by atoms with Crippen LogP contribution >= 0.6 is 15.6 Å². The lowest BCUT2D eigenvalue weighted by Crippen LogP contribution is -2.66.